The lowest BCUT2D eigenvalue weighted by Gasteiger charge is -2.40. The molecule has 0 saturated heterocycles. The normalized spacial score (nSPS) is 32.0. The van der Waals surface area contributed by atoms with Gasteiger partial charge in [-0.25, -0.2) is 4.79 Å². The first kappa shape index (κ1) is 18.1. The highest BCUT2D eigenvalue weighted by molar-refractivity contribution is 5.80. The molecule has 0 heterocycles. The Morgan fingerprint density at radius 3 is 2.22 bits per heavy atom. The second-order valence-electron chi connectivity index (χ2n) is 6.29. The van der Waals surface area contributed by atoms with Crippen molar-refractivity contribution < 1.29 is 41.4 Å². The molecule has 2 N–H and O–H groups in total. The smallest absolute Gasteiger partial charge is 0.426 e. The maximum absolute atomic E-state index is 12.8. The zero-order valence-electron chi connectivity index (χ0n) is 11.8. The third kappa shape index (κ3) is 3.07. The van der Waals surface area contributed by atoms with Crippen molar-refractivity contribution in [2.24, 2.45) is 17.3 Å². The largest absolute Gasteiger partial charge is 0.478 e. The van der Waals surface area contributed by atoms with Crippen molar-refractivity contribution in [2.75, 3.05) is 0 Å². The summed E-state index contributed by atoms with van der Waals surface area (Å²) in [7, 11) is 0. The molecule has 0 amide bonds. The van der Waals surface area contributed by atoms with Crippen molar-refractivity contribution in [3.8, 4) is 0 Å². The summed E-state index contributed by atoms with van der Waals surface area (Å²) in [6, 6.07) is 0. The van der Waals surface area contributed by atoms with Gasteiger partial charge in [-0.15, -0.1) is 0 Å². The summed E-state index contributed by atoms with van der Waals surface area (Å²) in [5, 5.41) is 18.0. The van der Waals surface area contributed by atoms with Gasteiger partial charge in [-0.3, -0.25) is 0 Å². The fourth-order valence-corrected chi connectivity index (χ4v) is 3.71. The number of rotatable bonds is 4. The van der Waals surface area contributed by atoms with Gasteiger partial charge < -0.3 is 10.2 Å². The molecule has 3 nitrogen and oxygen atoms in total. The average molecular weight is 345 g/mol. The first-order valence-corrected chi connectivity index (χ1v) is 6.93. The van der Waals surface area contributed by atoms with Crippen LogP contribution < -0.4 is 0 Å². The molecule has 2 bridgehead atoms. The van der Waals surface area contributed by atoms with E-state index in [1.807, 2.05) is 0 Å². The Kier molecular flexibility index (Phi) is 4.24. The number of carbonyl (C=O) groups is 1. The molecule has 0 spiro atoms. The molecule has 9 heteroatoms. The Labute approximate surface area is 128 Å². The van der Waals surface area contributed by atoms with E-state index < -0.39 is 41.7 Å². The second kappa shape index (κ2) is 5.39. The van der Waals surface area contributed by atoms with E-state index >= 15 is 0 Å². The Morgan fingerprint density at radius 1 is 1.22 bits per heavy atom. The summed E-state index contributed by atoms with van der Waals surface area (Å²) >= 11 is 0. The number of hydrogen-bond donors (Lipinski definition) is 2. The zero-order chi connectivity index (χ0) is 17.7. The molecule has 1 radical (unpaired) electrons. The van der Waals surface area contributed by atoms with Crippen LogP contribution in [0.4, 0.5) is 26.3 Å². The van der Waals surface area contributed by atoms with Gasteiger partial charge in [0.1, 0.15) is 0 Å². The standard InChI is InChI=1S/C14H15F6O3/c15-13(16,17)12(23,14(18,19)20)7-9-5-8-1-3-11(9,6-8)4-2-10(21)22/h2-4,8-9,23H,1,5-7H2,(H,21,22). The lowest BCUT2D eigenvalue weighted by Crippen LogP contribution is -2.58. The molecule has 2 rings (SSSR count). The molecule has 2 fully saturated rings. The van der Waals surface area contributed by atoms with Gasteiger partial charge in [0.15, 0.2) is 0 Å². The summed E-state index contributed by atoms with van der Waals surface area (Å²) in [6.07, 6.45) is -8.89. The van der Waals surface area contributed by atoms with Crippen LogP contribution in [0.5, 0.6) is 0 Å². The number of aliphatic hydroxyl groups is 1. The Balaban J connectivity index is 2.32. The van der Waals surface area contributed by atoms with Crippen molar-refractivity contribution in [2.45, 2.75) is 43.6 Å². The number of carboxylic acid groups (broad SMARTS) is 1. The maximum Gasteiger partial charge on any atom is 0.426 e. The van der Waals surface area contributed by atoms with Gasteiger partial charge in [0, 0.05) is 6.08 Å². The van der Waals surface area contributed by atoms with E-state index in [0.717, 1.165) is 12.2 Å². The van der Waals surface area contributed by atoms with E-state index in [0.29, 0.717) is 12.8 Å². The number of alkyl halides is 6. The second-order valence-corrected chi connectivity index (χ2v) is 6.29. The van der Waals surface area contributed by atoms with Crippen molar-refractivity contribution >= 4 is 5.97 Å². The molecule has 3 atom stereocenters. The number of halogens is 6. The minimum atomic E-state index is -5.86. The molecule has 2 aliphatic carbocycles. The number of allylic oxidation sites excluding steroid dienone is 1. The number of carboxylic acids is 1. The van der Waals surface area contributed by atoms with Crippen molar-refractivity contribution in [1.29, 1.82) is 0 Å². The molecular formula is C14H15F6O3. The van der Waals surface area contributed by atoms with Crippen molar-refractivity contribution in [3.05, 3.63) is 18.6 Å². The van der Waals surface area contributed by atoms with E-state index in [1.165, 1.54) is 0 Å². The van der Waals surface area contributed by atoms with Gasteiger partial charge in [0.05, 0.1) is 0 Å². The van der Waals surface area contributed by atoms with Crippen molar-refractivity contribution in [3.63, 3.8) is 0 Å². The fraction of sp³-hybridized carbons (Fsp3) is 0.714. The van der Waals surface area contributed by atoms with Gasteiger partial charge in [-0.05, 0) is 49.4 Å². The summed E-state index contributed by atoms with van der Waals surface area (Å²) in [6.45, 7) is 0. The monoisotopic (exact) mass is 345 g/mol. The highest BCUT2D eigenvalue weighted by Gasteiger charge is 2.72. The lowest BCUT2D eigenvalue weighted by atomic mass is 9.69. The maximum atomic E-state index is 12.8. The molecule has 0 aromatic carbocycles. The first-order valence-electron chi connectivity index (χ1n) is 6.93. The van der Waals surface area contributed by atoms with E-state index in [4.69, 9.17) is 5.11 Å². The van der Waals surface area contributed by atoms with E-state index in [2.05, 4.69) is 0 Å². The molecular weight excluding hydrogens is 330 g/mol. The molecule has 131 valence electrons. The van der Waals surface area contributed by atoms with Gasteiger partial charge in [-0.1, -0.05) is 6.08 Å². The summed E-state index contributed by atoms with van der Waals surface area (Å²) in [4.78, 5) is 10.6. The van der Waals surface area contributed by atoms with E-state index in [-0.39, 0.29) is 12.3 Å². The van der Waals surface area contributed by atoms with E-state index in [9.17, 15) is 36.2 Å². The quantitative estimate of drug-likeness (QED) is 0.606. The summed E-state index contributed by atoms with van der Waals surface area (Å²) in [5.74, 6) is -2.54. The van der Waals surface area contributed by atoms with Crippen LogP contribution in [0, 0.1) is 23.7 Å². The van der Waals surface area contributed by atoms with Crippen LogP contribution in [0.2, 0.25) is 0 Å². The Hall–Kier alpha value is -1.25. The zero-order valence-corrected chi connectivity index (χ0v) is 11.8. The minimum absolute atomic E-state index is 0.0922. The predicted molar refractivity (Wildman–Crippen MR) is 66.0 cm³/mol. The van der Waals surface area contributed by atoms with Gasteiger partial charge in [0.2, 0.25) is 0 Å². The molecule has 23 heavy (non-hydrogen) atoms. The fourth-order valence-electron chi connectivity index (χ4n) is 3.71. The average Bonchev–Trinajstić information content (AvgIpc) is 2.91. The van der Waals surface area contributed by atoms with Crippen LogP contribution in [0.25, 0.3) is 0 Å². The van der Waals surface area contributed by atoms with Gasteiger partial charge in [-0.2, -0.15) is 26.3 Å². The highest BCUT2D eigenvalue weighted by atomic mass is 19.4. The third-order valence-corrected chi connectivity index (χ3v) is 4.87. The molecule has 3 unspecified atom stereocenters. The highest BCUT2D eigenvalue weighted by Crippen LogP contribution is 2.62. The van der Waals surface area contributed by atoms with Crippen LogP contribution in [-0.4, -0.2) is 34.1 Å². The minimum Gasteiger partial charge on any atom is -0.478 e. The van der Waals surface area contributed by atoms with E-state index in [1.54, 1.807) is 6.42 Å². The molecule has 2 saturated carbocycles. The molecule has 0 aliphatic heterocycles. The SMILES string of the molecule is O=C(O)C=CC12[CH]CC(CC1CC(O)(C(F)(F)F)C(F)(F)F)C2. The molecule has 0 aromatic heterocycles. The predicted octanol–water partition coefficient (Wildman–Crippen LogP) is 3.49. The summed E-state index contributed by atoms with van der Waals surface area (Å²) < 4.78 is 77.1. The van der Waals surface area contributed by atoms with Crippen LogP contribution in [0.3, 0.4) is 0 Å². The topological polar surface area (TPSA) is 57.5 Å². The number of fused-ring (bicyclic) bond motifs is 2. The lowest BCUT2D eigenvalue weighted by molar-refractivity contribution is -0.373. The Bertz CT molecular complexity index is 496. The van der Waals surface area contributed by atoms with Crippen LogP contribution in [-0.2, 0) is 4.79 Å². The summed E-state index contributed by atoms with van der Waals surface area (Å²) in [5.41, 5.74) is -5.94. The number of hydrogen-bond acceptors (Lipinski definition) is 2. The van der Waals surface area contributed by atoms with Gasteiger partial charge in [0.25, 0.3) is 5.60 Å². The van der Waals surface area contributed by atoms with Crippen molar-refractivity contribution in [1.82, 2.24) is 0 Å². The molecule has 2 aliphatic rings. The molecule has 0 aromatic rings. The van der Waals surface area contributed by atoms with Crippen LogP contribution >= 0.6 is 0 Å². The first-order chi connectivity index (χ1) is 10.3. The van der Waals surface area contributed by atoms with Crippen LogP contribution in [0.15, 0.2) is 12.2 Å². The Morgan fingerprint density at radius 2 is 1.78 bits per heavy atom. The number of aliphatic carboxylic acids is 1. The van der Waals surface area contributed by atoms with Crippen LogP contribution in [0.1, 0.15) is 25.7 Å². The van der Waals surface area contributed by atoms with Gasteiger partial charge >= 0.3 is 18.3 Å². The third-order valence-electron chi connectivity index (χ3n) is 4.87.